The number of nitrogens with zero attached hydrogens (tertiary/aromatic N) is 6. The van der Waals surface area contributed by atoms with Crippen molar-refractivity contribution in [2.75, 3.05) is 26.7 Å². The number of aromatic nitrogens is 5. The van der Waals surface area contributed by atoms with E-state index in [9.17, 15) is 5.26 Å². The maximum Gasteiger partial charge on any atom is 0.138 e. The SMILES string of the molecule is COC1CC(n2ncc3cc(-c4c(-c5cncs5)[nH]c5ncc6c(c45)C4(CCN(CC5(CC#N)CC5)C4)OC6)ccc32)C1. The van der Waals surface area contributed by atoms with E-state index in [0.29, 0.717) is 25.2 Å². The van der Waals surface area contributed by atoms with E-state index in [1.807, 2.05) is 24.1 Å². The van der Waals surface area contributed by atoms with Crippen LogP contribution in [0.3, 0.4) is 0 Å². The lowest BCUT2D eigenvalue weighted by atomic mass is 9.87. The minimum absolute atomic E-state index is 0.178. The van der Waals surface area contributed by atoms with Gasteiger partial charge in [-0.05, 0) is 55.2 Å². The average molecular weight is 592 g/mol. The fourth-order valence-corrected chi connectivity index (χ4v) is 8.51. The number of aromatic amines is 1. The summed E-state index contributed by atoms with van der Waals surface area (Å²) >= 11 is 1.64. The summed E-state index contributed by atoms with van der Waals surface area (Å²) in [5, 5.41) is 16.5. The maximum atomic E-state index is 9.40. The van der Waals surface area contributed by atoms with Crippen LogP contribution in [-0.4, -0.2) is 62.5 Å². The third-order valence-electron chi connectivity index (χ3n) is 10.5. The van der Waals surface area contributed by atoms with Gasteiger partial charge in [-0.15, -0.1) is 11.3 Å². The summed E-state index contributed by atoms with van der Waals surface area (Å²) in [7, 11) is 1.79. The van der Waals surface area contributed by atoms with Crippen molar-refractivity contribution >= 4 is 33.3 Å². The normalized spacial score (nSPS) is 25.9. The molecule has 218 valence electrons. The molecule has 1 saturated heterocycles. The lowest BCUT2D eigenvalue weighted by Crippen LogP contribution is -2.34. The molecule has 1 unspecified atom stereocenters. The first kappa shape index (κ1) is 25.8. The van der Waals surface area contributed by atoms with Crippen LogP contribution < -0.4 is 0 Å². The monoisotopic (exact) mass is 591 g/mol. The van der Waals surface area contributed by atoms with Gasteiger partial charge in [-0.25, -0.2) is 4.98 Å². The Labute approximate surface area is 253 Å². The van der Waals surface area contributed by atoms with Crippen LogP contribution in [-0.2, 0) is 21.7 Å². The molecule has 2 aliphatic carbocycles. The number of thiazole rings is 1. The van der Waals surface area contributed by atoms with Gasteiger partial charge in [-0.3, -0.25) is 14.6 Å². The molecule has 5 aromatic rings. The largest absolute Gasteiger partial charge is 0.381 e. The number of methoxy groups -OCH3 is 1. The number of pyridine rings is 1. The Morgan fingerprint density at radius 2 is 2.12 bits per heavy atom. The van der Waals surface area contributed by atoms with Crippen LogP contribution in [0.4, 0.5) is 0 Å². The molecule has 1 N–H and O–H groups in total. The molecule has 1 atom stereocenters. The minimum atomic E-state index is -0.377. The van der Waals surface area contributed by atoms with Crippen molar-refractivity contribution in [3.63, 3.8) is 0 Å². The lowest BCUT2D eigenvalue weighted by Gasteiger charge is -2.34. The van der Waals surface area contributed by atoms with Crippen molar-refractivity contribution in [1.82, 2.24) is 29.6 Å². The smallest absolute Gasteiger partial charge is 0.138 e. The number of nitrogens with one attached hydrogen (secondary N) is 1. The first-order chi connectivity index (χ1) is 21.1. The molecular weight excluding hydrogens is 558 g/mol. The van der Waals surface area contributed by atoms with E-state index in [4.69, 9.17) is 19.6 Å². The van der Waals surface area contributed by atoms with E-state index in [-0.39, 0.29) is 11.0 Å². The summed E-state index contributed by atoms with van der Waals surface area (Å²) in [5.41, 5.74) is 9.54. The van der Waals surface area contributed by atoms with Crippen molar-refractivity contribution in [3.8, 4) is 27.8 Å². The Bertz CT molecular complexity index is 1910. The zero-order valence-corrected chi connectivity index (χ0v) is 25.0. The topological polar surface area (TPSA) is 105 Å². The Balaban J connectivity index is 1.17. The van der Waals surface area contributed by atoms with Gasteiger partial charge in [0.2, 0.25) is 0 Å². The van der Waals surface area contributed by atoms with Crippen molar-refractivity contribution in [3.05, 3.63) is 53.4 Å². The van der Waals surface area contributed by atoms with E-state index in [2.05, 4.69) is 43.8 Å². The molecule has 4 aliphatic rings. The molecule has 10 heteroatoms. The highest BCUT2D eigenvalue weighted by Crippen LogP contribution is 2.54. The van der Waals surface area contributed by atoms with Crippen LogP contribution in [0.5, 0.6) is 0 Å². The summed E-state index contributed by atoms with van der Waals surface area (Å²) < 4.78 is 14.4. The van der Waals surface area contributed by atoms with Crippen molar-refractivity contribution in [2.24, 2.45) is 5.41 Å². The van der Waals surface area contributed by atoms with Crippen LogP contribution in [0.2, 0.25) is 0 Å². The second-order valence-corrected chi connectivity index (χ2v) is 13.9. The van der Waals surface area contributed by atoms with E-state index in [1.54, 1.807) is 18.4 Å². The molecule has 4 aromatic heterocycles. The van der Waals surface area contributed by atoms with Crippen molar-refractivity contribution in [1.29, 1.82) is 5.26 Å². The molecule has 9 nitrogen and oxygen atoms in total. The average Bonchev–Trinajstić information content (AvgIpc) is 3.58. The van der Waals surface area contributed by atoms with E-state index in [0.717, 1.165) is 95.4 Å². The highest BCUT2D eigenvalue weighted by Gasteiger charge is 2.51. The number of hydrogen-bond acceptors (Lipinski definition) is 8. The Kier molecular flexibility index (Phi) is 5.67. The van der Waals surface area contributed by atoms with Crippen LogP contribution in [0.15, 0.2) is 42.3 Å². The van der Waals surface area contributed by atoms with Crippen molar-refractivity contribution in [2.45, 2.75) is 62.9 Å². The molecule has 9 rings (SSSR count). The number of likely N-dealkylation sites (tertiary alicyclic amines) is 1. The zero-order valence-electron chi connectivity index (χ0n) is 24.2. The summed E-state index contributed by atoms with van der Waals surface area (Å²) in [6.07, 6.45) is 12.2. The fraction of sp³-hybridized carbons (Fsp3) is 0.455. The third-order valence-corrected chi connectivity index (χ3v) is 11.2. The Morgan fingerprint density at radius 1 is 1.21 bits per heavy atom. The van der Waals surface area contributed by atoms with Gasteiger partial charge in [-0.2, -0.15) is 10.4 Å². The summed E-state index contributed by atoms with van der Waals surface area (Å²) in [6.45, 7) is 3.39. The number of hydrogen-bond donors (Lipinski definition) is 1. The summed E-state index contributed by atoms with van der Waals surface area (Å²) in [6, 6.07) is 9.55. The second kappa shape index (κ2) is 9.44. The molecule has 0 bridgehead atoms. The fourth-order valence-electron chi connectivity index (χ4n) is 7.88. The van der Waals surface area contributed by atoms with Crippen molar-refractivity contribution < 1.29 is 9.47 Å². The highest BCUT2D eigenvalue weighted by molar-refractivity contribution is 7.13. The first-order valence-corrected chi connectivity index (χ1v) is 16.1. The molecule has 6 heterocycles. The van der Waals surface area contributed by atoms with Gasteiger partial charge >= 0.3 is 0 Å². The number of ether oxygens (including phenoxy) is 2. The van der Waals surface area contributed by atoms with E-state index < -0.39 is 0 Å². The van der Waals surface area contributed by atoms with Crippen LogP contribution in [0.25, 0.3) is 43.6 Å². The number of rotatable bonds is 7. The minimum Gasteiger partial charge on any atom is -0.381 e. The third kappa shape index (κ3) is 3.95. The van der Waals surface area contributed by atoms with Gasteiger partial charge in [0.25, 0.3) is 0 Å². The van der Waals surface area contributed by atoms with E-state index in [1.165, 1.54) is 11.1 Å². The molecule has 3 fully saturated rings. The van der Waals surface area contributed by atoms with Gasteiger partial charge in [0.1, 0.15) is 11.2 Å². The number of H-pyrrole nitrogens is 1. The van der Waals surface area contributed by atoms with E-state index >= 15 is 0 Å². The molecular formula is C33H33N7O2S. The standard InChI is InChI=1S/C33H33N7O2S/c1-41-24-11-23(12-24)40-25-3-2-20(10-21(25)14-37-40)27-28-29-22(13-36-31(28)38-30(27)26-15-35-19-43-26)16-42-33(29)7-9-39(18-33)17-32(4-5-32)6-8-34/h2-3,10,13-15,19,23-24H,4-7,9,11-12,16-18H2,1H3,(H,36,38). The molecule has 0 radical (unpaired) electrons. The quantitative estimate of drug-likeness (QED) is 0.241. The summed E-state index contributed by atoms with van der Waals surface area (Å²) in [5.74, 6) is 0. The van der Waals surface area contributed by atoms with Crippen LogP contribution in [0, 0.1) is 16.7 Å². The van der Waals surface area contributed by atoms with Gasteiger partial charge in [0.15, 0.2) is 0 Å². The highest BCUT2D eigenvalue weighted by atomic mass is 32.1. The molecule has 1 aromatic carbocycles. The molecule has 2 saturated carbocycles. The number of benzene rings is 1. The second-order valence-electron chi connectivity index (χ2n) is 13.0. The maximum absolute atomic E-state index is 9.40. The van der Waals surface area contributed by atoms with Crippen LogP contribution >= 0.6 is 11.3 Å². The zero-order chi connectivity index (χ0) is 28.8. The van der Waals surface area contributed by atoms with Gasteiger partial charge in [0.05, 0.1) is 52.6 Å². The summed E-state index contributed by atoms with van der Waals surface area (Å²) in [4.78, 5) is 16.7. The van der Waals surface area contributed by atoms with Gasteiger partial charge < -0.3 is 14.5 Å². The van der Waals surface area contributed by atoms with Crippen LogP contribution in [0.1, 0.15) is 55.7 Å². The lowest BCUT2D eigenvalue weighted by molar-refractivity contribution is -0.0296. The molecule has 0 amide bonds. The van der Waals surface area contributed by atoms with Gasteiger partial charge in [-0.1, -0.05) is 6.07 Å². The predicted octanol–water partition coefficient (Wildman–Crippen LogP) is 6.18. The molecule has 2 aliphatic heterocycles. The predicted molar refractivity (Wildman–Crippen MR) is 164 cm³/mol. The number of fused-ring (bicyclic) bond motifs is 5. The molecule has 43 heavy (non-hydrogen) atoms. The first-order valence-electron chi connectivity index (χ1n) is 15.3. The van der Waals surface area contributed by atoms with Gasteiger partial charge in [0, 0.05) is 73.0 Å². The Hall–Kier alpha value is -3.62. The Morgan fingerprint density at radius 3 is 2.91 bits per heavy atom. The molecule has 1 spiro atoms. The number of nitriles is 1.